The highest BCUT2D eigenvalue weighted by molar-refractivity contribution is 7.17. The molecule has 0 unspecified atom stereocenters. The van der Waals surface area contributed by atoms with Crippen LogP contribution in [-0.2, 0) is 6.54 Å². The van der Waals surface area contributed by atoms with E-state index >= 15 is 0 Å². The van der Waals surface area contributed by atoms with E-state index in [0.29, 0.717) is 0 Å². The first-order valence-electron chi connectivity index (χ1n) is 6.10. The zero-order valence-electron chi connectivity index (χ0n) is 10.3. The largest absolute Gasteiger partial charge is 0.311 e. The first-order chi connectivity index (χ1) is 8.86. The van der Waals surface area contributed by atoms with Crippen LogP contribution < -0.4 is 5.32 Å². The van der Waals surface area contributed by atoms with E-state index in [-0.39, 0.29) is 0 Å². The molecule has 0 fully saturated rings. The summed E-state index contributed by atoms with van der Waals surface area (Å²) < 4.78 is 3.25. The molecule has 3 aromatic rings. The minimum atomic E-state index is 0.824. The van der Waals surface area contributed by atoms with Gasteiger partial charge >= 0.3 is 0 Å². The van der Waals surface area contributed by atoms with Crippen molar-refractivity contribution in [3.8, 4) is 5.69 Å². The number of hydrogen-bond acceptors (Lipinski definition) is 3. The maximum Gasteiger partial charge on any atom is 0.0766 e. The Morgan fingerprint density at radius 2 is 2.22 bits per heavy atom. The van der Waals surface area contributed by atoms with Gasteiger partial charge in [0.2, 0.25) is 0 Å². The molecule has 92 valence electrons. The van der Waals surface area contributed by atoms with Crippen molar-refractivity contribution in [1.82, 2.24) is 15.1 Å². The minimum absolute atomic E-state index is 0.824. The van der Waals surface area contributed by atoms with E-state index in [1.807, 2.05) is 10.9 Å². The van der Waals surface area contributed by atoms with Crippen molar-refractivity contribution >= 4 is 21.4 Å². The van der Waals surface area contributed by atoms with Crippen molar-refractivity contribution in [2.24, 2.45) is 0 Å². The minimum Gasteiger partial charge on any atom is -0.311 e. The van der Waals surface area contributed by atoms with Gasteiger partial charge < -0.3 is 5.32 Å². The Kier molecular flexibility index (Phi) is 3.13. The number of aromatic nitrogens is 2. The van der Waals surface area contributed by atoms with Gasteiger partial charge in [0.1, 0.15) is 0 Å². The van der Waals surface area contributed by atoms with E-state index in [2.05, 4.69) is 53.1 Å². The second kappa shape index (κ2) is 4.92. The van der Waals surface area contributed by atoms with Crippen molar-refractivity contribution in [3.05, 3.63) is 47.6 Å². The standard InChI is InChI=1S/C14H15N3S/c1-2-15-10-12-5-7-17(16-12)13-3-4-14-11(9-13)6-8-18-14/h3-9,15H,2,10H2,1H3. The Morgan fingerprint density at radius 1 is 1.28 bits per heavy atom. The molecule has 0 aliphatic carbocycles. The fourth-order valence-corrected chi connectivity index (χ4v) is 2.72. The predicted molar refractivity (Wildman–Crippen MR) is 76.3 cm³/mol. The van der Waals surface area contributed by atoms with Gasteiger partial charge in [-0.15, -0.1) is 11.3 Å². The molecule has 0 radical (unpaired) electrons. The third-order valence-electron chi connectivity index (χ3n) is 2.90. The molecule has 3 rings (SSSR count). The molecule has 2 aromatic heterocycles. The van der Waals surface area contributed by atoms with Crippen molar-refractivity contribution in [2.45, 2.75) is 13.5 Å². The number of rotatable bonds is 4. The highest BCUT2D eigenvalue weighted by Crippen LogP contribution is 2.23. The average molecular weight is 257 g/mol. The molecule has 4 heteroatoms. The molecule has 3 nitrogen and oxygen atoms in total. The number of thiophene rings is 1. The van der Waals surface area contributed by atoms with Gasteiger partial charge in [-0.2, -0.15) is 5.10 Å². The molecule has 18 heavy (non-hydrogen) atoms. The topological polar surface area (TPSA) is 29.9 Å². The molecule has 0 amide bonds. The molecule has 1 aromatic carbocycles. The molecule has 2 heterocycles. The summed E-state index contributed by atoms with van der Waals surface area (Å²) in [6.07, 6.45) is 2.01. The number of benzene rings is 1. The van der Waals surface area contributed by atoms with Crippen LogP contribution in [0.4, 0.5) is 0 Å². The van der Waals surface area contributed by atoms with Crippen LogP contribution in [0, 0.1) is 0 Å². The van der Waals surface area contributed by atoms with Crippen LogP contribution in [-0.4, -0.2) is 16.3 Å². The summed E-state index contributed by atoms with van der Waals surface area (Å²) in [6, 6.07) is 10.6. The highest BCUT2D eigenvalue weighted by atomic mass is 32.1. The maximum absolute atomic E-state index is 4.57. The van der Waals surface area contributed by atoms with E-state index in [1.54, 1.807) is 11.3 Å². The van der Waals surface area contributed by atoms with Gasteiger partial charge in [-0.1, -0.05) is 6.92 Å². The smallest absolute Gasteiger partial charge is 0.0766 e. The van der Waals surface area contributed by atoms with Crippen LogP contribution >= 0.6 is 11.3 Å². The van der Waals surface area contributed by atoms with Gasteiger partial charge in [0.15, 0.2) is 0 Å². The molecule has 0 aliphatic rings. The highest BCUT2D eigenvalue weighted by Gasteiger charge is 2.02. The summed E-state index contributed by atoms with van der Waals surface area (Å²) in [7, 11) is 0. The van der Waals surface area contributed by atoms with Gasteiger partial charge in [-0.05, 0) is 47.6 Å². The van der Waals surface area contributed by atoms with Crippen LogP contribution in [0.1, 0.15) is 12.6 Å². The van der Waals surface area contributed by atoms with Crippen LogP contribution in [0.5, 0.6) is 0 Å². The number of nitrogens with zero attached hydrogens (tertiary/aromatic N) is 2. The van der Waals surface area contributed by atoms with Crippen molar-refractivity contribution in [1.29, 1.82) is 0 Å². The van der Waals surface area contributed by atoms with E-state index in [4.69, 9.17) is 0 Å². The lowest BCUT2D eigenvalue weighted by molar-refractivity contribution is 0.697. The van der Waals surface area contributed by atoms with Crippen molar-refractivity contribution in [3.63, 3.8) is 0 Å². The van der Waals surface area contributed by atoms with E-state index in [1.165, 1.54) is 10.1 Å². The first-order valence-corrected chi connectivity index (χ1v) is 6.97. The molecule has 0 spiro atoms. The molecule has 0 atom stereocenters. The van der Waals surface area contributed by atoms with E-state index < -0.39 is 0 Å². The number of nitrogens with one attached hydrogen (secondary N) is 1. The predicted octanol–water partition coefficient (Wildman–Crippen LogP) is 3.20. The van der Waals surface area contributed by atoms with Gasteiger partial charge in [-0.3, -0.25) is 0 Å². The molecular formula is C14H15N3S. The van der Waals surface area contributed by atoms with Crippen LogP contribution in [0.3, 0.4) is 0 Å². The average Bonchev–Trinajstić information content (AvgIpc) is 3.04. The molecule has 0 aliphatic heterocycles. The summed E-state index contributed by atoms with van der Waals surface area (Å²) >= 11 is 1.77. The summed E-state index contributed by atoms with van der Waals surface area (Å²) in [5.41, 5.74) is 2.19. The van der Waals surface area contributed by atoms with Crippen LogP contribution in [0.15, 0.2) is 41.9 Å². The second-order valence-electron chi connectivity index (χ2n) is 4.17. The lowest BCUT2D eigenvalue weighted by Crippen LogP contribution is -2.12. The Bertz CT molecular complexity index is 654. The number of hydrogen-bond donors (Lipinski definition) is 1. The van der Waals surface area contributed by atoms with Crippen LogP contribution in [0.2, 0.25) is 0 Å². The summed E-state index contributed by atoms with van der Waals surface area (Å²) in [6.45, 7) is 3.89. The molecular weight excluding hydrogens is 242 g/mol. The Morgan fingerprint density at radius 3 is 3.11 bits per heavy atom. The zero-order valence-corrected chi connectivity index (χ0v) is 11.1. The normalized spacial score (nSPS) is 11.2. The fourth-order valence-electron chi connectivity index (χ4n) is 1.95. The summed E-state index contributed by atoms with van der Waals surface area (Å²) in [4.78, 5) is 0. The van der Waals surface area contributed by atoms with E-state index in [9.17, 15) is 0 Å². The van der Waals surface area contributed by atoms with Gasteiger partial charge in [0.25, 0.3) is 0 Å². The summed E-state index contributed by atoms with van der Waals surface area (Å²) in [5.74, 6) is 0. The summed E-state index contributed by atoms with van der Waals surface area (Å²) in [5, 5.41) is 11.2. The third-order valence-corrected chi connectivity index (χ3v) is 3.80. The Balaban J connectivity index is 1.90. The zero-order chi connectivity index (χ0) is 12.4. The molecule has 0 saturated carbocycles. The lowest BCUT2D eigenvalue weighted by Gasteiger charge is -2.01. The molecule has 0 saturated heterocycles. The Hall–Kier alpha value is -1.65. The van der Waals surface area contributed by atoms with Crippen molar-refractivity contribution in [2.75, 3.05) is 6.54 Å². The van der Waals surface area contributed by atoms with Crippen LogP contribution in [0.25, 0.3) is 15.8 Å². The van der Waals surface area contributed by atoms with Crippen molar-refractivity contribution < 1.29 is 0 Å². The second-order valence-corrected chi connectivity index (χ2v) is 5.12. The van der Waals surface area contributed by atoms with Gasteiger partial charge in [0, 0.05) is 17.4 Å². The third kappa shape index (κ3) is 2.17. The molecule has 1 N–H and O–H groups in total. The molecule has 0 bridgehead atoms. The first kappa shape index (κ1) is 11.4. The monoisotopic (exact) mass is 257 g/mol. The maximum atomic E-state index is 4.57. The van der Waals surface area contributed by atoms with E-state index in [0.717, 1.165) is 24.5 Å². The van der Waals surface area contributed by atoms with Gasteiger partial charge in [-0.25, -0.2) is 4.68 Å². The Labute approximate surface area is 110 Å². The SMILES string of the molecule is CCNCc1ccn(-c2ccc3sccc3c2)n1. The quantitative estimate of drug-likeness (QED) is 0.778. The fraction of sp³-hybridized carbons (Fsp3) is 0.214. The lowest BCUT2D eigenvalue weighted by atomic mass is 10.2. The number of fused-ring (bicyclic) bond motifs is 1. The van der Waals surface area contributed by atoms with Gasteiger partial charge in [0.05, 0.1) is 11.4 Å².